The van der Waals surface area contributed by atoms with Crippen molar-refractivity contribution in [3.63, 3.8) is 0 Å². The highest BCUT2D eigenvalue weighted by Crippen LogP contribution is 2.12. The Morgan fingerprint density at radius 3 is 2.17 bits per heavy atom. The fourth-order valence-corrected chi connectivity index (χ4v) is 4.29. The van der Waals surface area contributed by atoms with Crippen LogP contribution in [-0.4, -0.2) is 60.5 Å². The van der Waals surface area contributed by atoms with E-state index in [4.69, 9.17) is 0 Å². The van der Waals surface area contributed by atoms with Crippen molar-refractivity contribution < 1.29 is 9.59 Å². The van der Waals surface area contributed by atoms with Gasteiger partial charge in [0.25, 0.3) is 0 Å². The van der Waals surface area contributed by atoms with Crippen molar-refractivity contribution >= 4 is 23.7 Å². The van der Waals surface area contributed by atoms with Gasteiger partial charge in [0.2, 0.25) is 5.91 Å². The maximum Gasteiger partial charge on any atom is 0.319 e. The van der Waals surface area contributed by atoms with Gasteiger partial charge in [-0.25, -0.2) is 4.79 Å². The number of piperazine rings is 1. The van der Waals surface area contributed by atoms with Crippen LogP contribution < -0.4 is 10.6 Å². The third kappa shape index (κ3) is 7.55. The van der Waals surface area contributed by atoms with Gasteiger partial charge in [-0.2, -0.15) is 0 Å². The maximum atomic E-state index is 13.5. The maximum absolute atomic E-state index is 13.5. The summed E-state index contributed by atoms with van der Waals surface area (Å²) < 4.78 is 0. The number of rotatable bonds is 8. The minimum atomic E-state index is -0.637. The molecule has 1 unspecified atom stereocenters. The molecule has 3 aromatic rings. The van der Waals surface area contributed by atoms with E-state index in [9.17, 15) is 9.59 Å². The monoisotopic (exact) mass is 482 g/mol. The zero-order valence-corrected chi connectivity index (χ0v) is 20.8. The molecule has 1 aliphatic heterocycles. The summed E-state index contributed by atoms with van der Waals surface area (Å²) in [5.74, 6) is -0.0441. The van der Waals surface area contributed by atoms with Gasteiger partial charge in [0.05, 0.1) is 0 Å². The van der Waals surface area contributed by atoms with Gasteiger partial charge in [-0.15, -0.1) is 0 Å². The van der Waals surface area contributed by atoms with E-state index in [1.807, 2.05) is 84.6 Å². The zero-order valence-electron chi connectivity index (χ0n) is 20.8. The van der Waals surface area contributed by atoms with Crippen LogP contribution in [0.2, 0.25) is 0 Å². The van der Waals surface area contributed by atoms with Gasteiger partial charge >= 0.3 is 6.03 Å². The molecule has 0 spiro atoms. The summed E-state index contributed by atoms with van der Waals surface area (Å²) in [6, 6.07) is 26.6. The van der Waals surface area contributed by atoms with Crippen LogP contribution in [0.5, 0.6) is 0 Å². The van der Waals surface area contributed by atoms with E-state index in [-0.39, 0.29) is 11.9 Å². The number of urea groups is 1. The molecule has 3 amide bonds. The molecule has 1 heterocycles. The number of carbonyl (C=O) groups excluding carboxylic acids is 2. The highest BCUT2D eigenvalue weighted by molar-refractivity contribution is 5.94. The molecule has 1 aliphatic rings. The summed E-state index contributed by atoms with van der Waals surface area (Å²) in [7, 11) is 0. The predicted molar refractivity (Wildman–Crippen MR) is 146 cm³/mol. The molecule has 6 nitrogen and oxygen atoms in total. The summed E-state index contributed by atoms with van der Waals surface area (Å²) in [5.41, 5.74) is 4.01. The molecule has 0 aromatic heterocycles. The fourth-order valence-electron chi connectivity index (χ4n) is 4.29. The number of amides is 3. The Labute approximate surface area is 213 Å². The van der Waals surface area contributed by atoms with E-state index < -0.39 is 6.04 Å². The van der Waals surface area contributed by atoms with Gasteiger partial charge in [0.1, 0.15) is 6.04 Å². The van der Waals surface area contributed by atoms with Crippen LogP contribution in [0.3, 0.4) is 0 Å². The molecule has 3 aromatic carbocycles. The minimum Gasteiger partial charge on any atom is -0.338 e. The lowest BCUT2D eigenvalue weighted by atomic mass is 10.0. The van der Waals surface area contributed by atoms with E-state index in [0.717, 1.165) is 30.8 Å². The number of nitrogens with zero attached hydrogens (tertiary/aromatic N) is 2. The summed E-state index contributed by atoms with van der Waals surface area (Å²) in [6.07, 6.45) is 4.74. The van der Waals surface area contributed by atoms with E-state index >= 15 is 0 Å². The Balaban J connectivity index is 1.34. The average Bonchev–Trinajstić information content (AvgIpc) is 2.91. The van der Waals surface area contributed by atoms with Crippen LogP contribution in [0.4, 0.5) is 10.5 Å². The molecule has 1 saturated heterocycles. The van der Waals surface area contributed by atoms with Gasteiger partial charge < -0.3 is 15.5 Å². The number of anilines is 1. The van der Waals surface area contributed by atoms with Gasteiger partial charge in [-0.05, 0) is 30.2 Å². The number of aryl methyl sites for hydroxylation is 1. The Hall–Kier alpha value is -3.90. The molecule has 2 N–H and O–H groups in total. The third-order valence-electron chi connectivity index (χ3n) is 6.35. The molecule has 0 bridgehead atoms. The van der Waals surface area contributed by atoms with Crippen molar-refractivity contribution in [2.75, 3.05) is 38.0 Å². The second-order valence-electron chi connectivity index (χ2n) is 9.15. The predicted octanol–water partition coefficient (Wildman–Crippen LogP) is 4.59. The number of hydrogen-bond acceptors (Lipinski definition) is 3. The molecule has 1 fully saturated rings. The summed E-state index contributed by atoms with van der Waals surface area (Å²) in [5, 5.41) is 5.77. The summed E-state index contributed by atoms with van der Waals surface area (Å²) in [6.45, 7) is 5.74. The van der Waals surface area contributed by atoms with Crippen molar-refractivity contribution in [1.82, 2.24) is 15.1 Å². The van der Waals surface area contributed by atoms with Gasteiger partial charge in [0, 0.05) is 44.8 Å². The SMILES string of the molecule is Cc1ccc(NC(=O)NC(Cc2ccccc2)C(=O)N2CCN(C/C=C/c3ccccc3)CC2)cc1. The first kappa shape index (κ1) is 25.2. The second-order valence-corrected chi connectivity index (χ2v) is 9.15. The largest absolute Gasteiger partial charge is 0.338 e. The van der Waals surface area contributed by atoms with Crippen molar-refractivity contribution in [2.45, 2.75) is 19.4 Å². The van der Waals surface area contributed by atoms with E-state index in [0.29, 0.717) is 25.2 Å². The molecule has 0 saturated carbocycles. The van der Waals surface area contributed by atoms with Crippen molar-refractivity contribution in [3.8, 4) is 0 Å². The van der Waals surface area contributed by atoms with Gasteiger partial charge in [0.15, 0.2) is 0 Å². The van der Waals surface area contributed by atoms with Gasteiger partial charge in [-0.1, -0.05) is 90.5 Å². The Bertz CT molecular complexity index is 1140. The highest BCUT2D eigenvalue weighted by atomic mass is 16.2. The van der Waals surface area contributed by atoms with E-state index in [1.165, 1.54) is 5.56 Å². The molecule has 36 heavy (non-hydrogen) atoms. The Kier molecular flexibility index (Phi) is 8.89. The molecular formula is C30H34N4O2. The topological polar surface area (TPSA) is 64.7 Å². The van der Waals surface area contributed by atoms with Gasteiger partial charge in [-0.3, -0.25) is 9.69 Å². The highest BCUT2D eigenvalue weighted by Gasteiger charge is 2.28. The average molecular weight is 483 g/mol. The van der Waals surface area contributed by atoms with Crippen LogP contribution in [0.25, 0.3) is 6.08 Å². The lowest BCUT2D eigenvalue weighted by Crippen LogP contribution is -2.56. The molecular weight excluding hydrogens is 448 g/mol. The molecule has 186 valence electrons. The smallest absolute Gasteiger partial charge is 0.319 e. The van der Waals surface area contributed by atoms with E-state index in [1.54, 1.807) is 0 Å². The third-order valence-corrected chi connectivity index (χ3v) is 6.35. The lowest BCUT2D eigenvalue weighted by Gasteiger charge is -2.36. The molecule has 4 rings (SSSR count). The summed E-state index contributed by atoms with van der Waals surface area (Å²) in [4.78, 5) is 30.5. The number of hydrogen-bond donors (Lipinski definition) is 2. The number of nitrogens with one attached hydrogen (secondary N) is 2. The Morgan fingerprint density at radius 1 is 0.861 bits per heavy atom. The fraction of sp³-hybridized carbons (Fsp3) is 0.267. The lowest BCUT2D eigenvalue weighted by molar-refractivity contribution is -0.134. The molecule has 1 atom stereocenters. The molecule has 0 aliphatic carbocycles. The van der Waals surface area contributed by atoms with Crippen LogP contribution in [0.1, 0.15) is 16.7 Å². The number of carbonyl (C=O) groups is 2. The first-order chi connectivity index (χ1) is 17.6. The van der Waals surface area contributed by atoms with Crippen LogP contribution in [0, 0.1) is 6.92 Å². The normalized spacial score (nSPS) is 15.0. The van der Waals surface area contributed by atoms with Crippen LogP contribution >= 0.6 is 0 Å². The standard InChI is InChI=1S/C30H34N4O2/c1-24-14-16-27(17-15-24)31-30(36)32-28(23-26-11-6-3-7-12-26)29(35)34-21-19-33(20-22-34)18-8-13-25-9-4-2-5-10-25/h2-17,28H,18-23H2,1H3,(H2,31,32,36)/b13-8+. The van der Waals surface area contributed by atoms with Crippen molar-refractivity contribution in [2.24, 2.45) is 0 Å². The van der Waals surface area contributed by atoms with Crippen molar-refractivity contribution in [1.29, 1.82) is 0 Å². The van der Waals surface area contributed by atoms with Crippen molar-refractivity contribution in [3.05, 3.63) is 108 Å². The van der Waals surface area contributed by atoms with E-state index in [2.05, 4.69) is 39.8 Å². The second kappa shape index (κ2) is 12.7. The first-order valence-corrected chi connectivity index (χ1v) is 12.5. The minimum absolute atomic E-state index is 0.0441. The number of benzene rings is 3. The summed E-state index contributed by atoms with van der Waals surface area (Å²) >= 11 is 0. The Morgan fingerprint density at radius 2 is 1.50 bits per heavy atom. The molecule has 6 heteroatoms. The quantitative estimate of drug-likeness (QED) is 0.494. The molecule has 0 radical (unpaired) electrons. The first-order valence-electron chi connectivity index (χ1n) is 12.5. The zero-order chi connectivity index (χ0) is 25.2. The van der Waals surface area contributed by atoms with Crippen LogP contribution in [0.15, 0.2) is 91.0 Å². The van der Waals surface area contributed by atoms with Crippen LogP contribution in [-0.2, 0) is 11.2 Å².